The first kappa shape index (κ1) is 11.1. The van der Waals surface area contributed by atoms with Crippen LogP contribution in [0.25, 0.3) is 0 Å². The zero-order chi connectivity index (χ0) is 10.6. The summed E-state index contributed by atoms with van der Waals surface area (Å²) >= 11 is 4.88. The van der Waals surface area contributed by atoms with Crippen molar-refractivity contribution in [2.45, 2.75) is 13.0 Å². The predicted molar refractivity (Wildman–Crippen MR) is 64.3 cm³/mol. The summed E-state index contributed by atoms with van der Waals surface area (Å²) in [4.78, 5) is 2.69. The van der Waals surface area contributed by atoms with Crippen molar-refractivity contribution >= 4 is 17.2 Å². The fourth-order valence-corrected chi connectivity index (χ4v) is 1.57. The van der Waals surface area contributed by atoms with E-state index in [9.17, 15) is 0 Å². The molecule has 0 spiro atoms. The highest BCUT2D eigenvalue weighted by Crippen LogP contribution is 2.07. The number of thiocarbonyl (C=S) groups is 1. The summed E-state index contributed by atoms with van der Waals surface area (Å²) in [5, 5.41) is 0. The second-order valence-corrected chi connectivity index (χ2v) is 4.23. The van der Waals surface area contributed by atoms with E-state index in [2.05, 4.69) is 37.2 Å². The molecule has 2 nitrogen and oxygen atoms in total. The molecule has 1 aromatic rings. The Morgan fingerprint density at radius 2 is 2.00 bits per heavy atom. The van der Waals surface area contributed by atoms with Crippen molar-refractivity contribution in [2.24, 2.45) is 5.73 Å². The molecule has 0 saturated carbocycles. The SMILES string of the molecule is CN(C)Cc1cccc(CC(N)=S)c1. The van der Waals surface area contributed by atoms with Crippen molar-refractivity contribution in [1.82, 2.24) is 4.90 Å². The molecule has 0 aliphatic carbocycles. The van der Waals surface area contributed by atoms with Crippen molar-refractivity contribution in [3.05, 3.63) is 35.4 Å². The highest BCUT2D eigenvalue weighted by atomic mass is 32.1. The third-order valence-corrected chi connectivity index (χ3v) is 2.01. The second-order valence-electron chi connectivity index (χ2n) is 3.70. The van der Waals surface area contributed by atoms with E-state index in [4.69, 9.17) is 18.0 Å². The largest absolute Gasteiger partial charge is 0.393 e. The first-order valence-electron chi connectivity index (χ1n) is 4.59. The molecule has 0 unspecified atom stereocenters. The van der Waals surface area contributed by atoms with Gasteiger partial charge in [-0.15, -0.1) is 0 Å². The number of benzene rings is 1. The van der Waals surface area contributed by atoms with E-state index < -0.39 is 0 Å². The number of rotatable bonds is 4. The minimum atomic E-state index is 0.548. The molecule has 2 N–H and O–H groups in total. The second kappa shape index (κ2) is 5.08. The molecule has 0 radical (unpaired) electrons. The highest BCUT2D eigenvalue weighted by Gasteiger charge is 1.98. The third kappa shape index (κ3) is 3.85. The van der Waals surface area contributed by atoms with E-state index in [1.165, 1.54) is 11.1 Å². The number of nitrogens with zero attached hydrogens (tertiary/aromatic N) is 1. The molecule has 0 aromatic heterocycles. The fourth-order valence-electron chi connectivity index (χ4n) is 1.40. The summed E-state index contributed by atoms with van der Waals surface area (Å²) in [6, 6.07) is 8.37. The van der Waals surface area contributed by atoms with Gasteiger partial charge in [0.1, 0.15) is 0 Å². The molecule has 0 heterocycles. The Balaban J connectivity index is 2.73. The van der Waals surface area contributed by atoms with Crippen LogP contribution in [-0.4, -0.2) is 24.0 Å². The van der Waals surface area contributed by atoms with Gasteiger partial charge in [-0.3, -0.25) is 0 Å². The molecule has 1 aromatic carbocycles. The normalized spacial score (nSPS) is 10.5. The maximum Gasteiger partial charge on any atom is 0.0771 e. The van der Waals surface area contributed by atoms with Gasteiger partial charge in [0, 0.05) is 13.0 Å². The van der Waals surface area contributed by atoms with E-state index in [-0.39, 0.29) is 0 Å². The van der Waals surface area contributed by atoms with Gasteiger partial charge in [0.25, 0.3) is 0 Å². The Kier molecular flexibility index (Phi) is 4.04. The van der Waals surface area contributed by atoms with Crippen LogP contribution >= 0.6 is 12.2 Å². The van der Waals surface area contributed by atoms with Gasteiger partial charge < -0.3 is 10.6 Å². The average molecular weight is 208 g/mol. The molecular formula is C11H16N2S. The summed E-state index contributed by atoms with van der Waals surface area (Å²) in [5.74, 6) is 0. The molecular weight excluding hydrogens is 192 g/mol. The van der Waals surface area contributed by atoms with Gasteiger partial charge in [-0.2, -0.15) is 0 Å². The van der Waals surface area contributed by atoms with Gasteiger partial charge in [-0.1, -0.05) is 36.5 Å². The molecule has 0 aliphatic rings. The fraction of sp³-hybridized carbons (Fsp3) is 0.364. The molecule has 0 aliphatic heterocycles. The number of nitrogens with two attached hydrogens (primary N) is 1. The standard InChI is InChI=1S/C11H16N2S/c1-13(2)8-10-5-3-4-9(6-10)7-11(12)14/h3-6H,7-8H2,1-2H3,(H2,12,14). The number of hydrogen-bond acceptors (Lipinski definition) is 2. The monoisotopic (exact) mass is 208 g/mol. The zero-order valence-electron chi connectivity index (χ0n) is 8.66. The van der Waals surface area contributed by atoms with Gasteiger partial charge in [0.15, 0.2) is 0 Å². The smallest absolute Gasteiger partial charge is 0.0771 e. The molecule has 3 heteroatoms. The van der Waals surface area contributed by atoms with Crippen LogP contribution in [0.15, 0.2) is 24.3 Å². The Hall–Kier alpha value is -0.930. The number of hydrogen-bond donors (Lipinski definition) is 1. The highest BCUT2D eigenvalue weighted by molar-refractivity contribution is 7.80. The van der Waals surface area contributed by atoms with Crippen LogP contribution in [0.5, 0.6) is 0 Å². The summed E-state index contributed by atoms with van der Waals surface area (Å²) < 4.78 is 0. The van der Waals surface area contributed by atoms with Crippen molar-refractivity contribution in [3.63, 3.8) is 0 Å². The Labute approximate surface area is 90.7 Å². The zero-order valence-corrected chi connectivity index (χ0v) is 9.47. The summed E-state index contributed by atoms with van der Waals surface area (Å²) in [5.41, 5.74) is 7.98. The lowest BCUT2D eigenvalue weighted by atomic mass is 10.1. The first-order valence-corrected chi connectivity index (χ1v) is 4.99. The van der Waals surface area contributed by atoms with E-state index in [0.717, 1.165) is 6.54 Å². The van der Waals surface area contributed by atoms with Crippen LogP contribution in [0.2, 0.25) is 0 Å². The van der Waals surface area contributed by atoms with Gasteiger partial charge in [-0.05, 0) is 25.2 Å². The van der Waals surface area contributed by atoms with Crippen LogP contribution in [0.3, 0.4) is 0 Å². The van der Waals surface area contributed by atoms with Gasteiger partial charge in [-0.25, -0.2) is 0 Å². The van der Waals surface area contributed by atoms with Crippen molar-refractivity contribution < 1.29 is 0 Å². The van der Waals surface area contributed by atoms with Crippen LogP contribution in [0.4, 0.5) is 0 Å². The van der Waals surface area contributed by atoms with Crippen LogP contribution < -0.4 is 5.73 Å². The predicted octanol–water partition coefficient (Wildman–Crippen LogP) is 1.58. The molecule has 0 fully saturated rings. The molecule has 14 heavy (non-hydrogen) atoms. The Bertz CT molecular complexity index is 321. The van der Waals surface area contributed by atoms with Gasteiger partial charge >= 0.3 is 0 Å². The average Bonchev–Trinajstić information content (AvgIpc) is 2.01. The lowest BCUT2D eigenvalue weighted by molar-refractivity contribution is 0.402. The van der Waals surface area contributed by atoms with Crippen LogP contribution in [-0.2, 0) is 13.0 Å². The minimum absolute atomic E-state index is 0.548. The Morgan fingerprint density at radius 3 is 2.57 bits per heavy atom. The topological polar surface area (TPSA) is 29.3 Å². The summed E-state index contributed by atoms with van der Waals surface area (Å²) in [6.45, 7) is 0.950. The van der Waals surface area contributed by atoms with E-state index in [1.54, 1.807) is 0 Å². The van der Waals surface area contributed by atoms with E-state index >= 15 is 0 Å². The molecule has 0 atom stereocenters. The lowest BCUT2D eigenvalue weighted by Gasteiger charge is -2.10. The molecule has 1 rings (SSSR count). The minimum Gasteiger partial charge on any atom is -0.393 e. The van der Waals surface area contributed by atoms with Crippen molar-refractivity contribution in [1.29, 1.82) is 0 Å². The van der Waals surface area contributed by atoms with Crippen molar-refractivity contribution in [3.8, 4) is 0 Å². The van der Waals surface area contributed by atoms with E-state index in [1.807, 2.05) is 6.07 Å². The molecule has 76 valence electrons. The van der Waals surface area contributed by atoms with Crippen LogP contribution in [0.1, 0.15) is 11.1 Å². The summed E-state index contributed by atoms with van der Waals surface area (Å²) in [7, 11) is 4.11. The van der Waals surface area contributed by atoms with Gasteiger partial charge in [0.2, 0.25) is 0 Å². The molecule has 0 amide bonds. The maximum atomic E-state index is 5.50. The molecule has 0 saturated heterocycles. The Morgan fingerprint density at radius 1 is 1.36 bits per heavy atom. The quantitative estimate of drug-likeness (QED) is 0.762. The maximum absolute atomic E-state index is 5.50. The summed E-state index contributed by atoms with van der Waals surface area (Å²) in [6.07, 6.45) is 0.691. The van der Waals surface area contributed by atoms with Crippen molar-refractivity contribution in [2.75, 3.05) is 14.1 Å². The van der Waals surface area contributed by atoms with E-state index in [0.29, 0.717) is 11.4 Å². The van der Waals surface area contributed by atoms with Crippen LogP contribution in [0, 0.1) is 0 Å². The first-order chi connectivity index (χ1) is 6.58. The third-order valence-electron chi connectivity index (χ3n) is 1.87. The van der Waals surface area contributed by atoms with Gasteiger partial charge in [0.05, 0.1) is 4.99 Å². The lowest BCUT2D eigenvalue weighted by Crippen LogP contribution is -2.13. The molecule has 0 bridgehead atoms.